The first-order valence-electron chi connectivity index (χ1n) is 8.29. The topological polar surface area (TPSA) is 49.8 Å². The SMILES string of the molecule is CC(C)Nc1nc(NCc2ccc(F)cc2)cc(-c2ccccc2)n1. The summed E-state index contributed by atoms with van der Waals surface area (Å²) in [6, 6.07) is 18.6. The van der Waals surface area contributed by atoms with Gasteiger partial charge in [-0.3, -0.25) is 0 Å². The fourth-order valence-corrected chi connectivity index (χ4v) is 2.41. The molecule has 0 radical (unpaired) electrons. The lowest BCUT2D eigenvalue weighted by Gasteiger charge is -2.13. The smallest absolute Gasteiger partial charge is 0.225 e. The minimum atomic E-state index is -0.236. The molecule has 0 bridgehead atoms. The molecule has 0 aliphatic rings. The van der Waals surface area contributed by atoms with Gasteiger partial charge in [0.05, 0.1) is 5.69 Å². The molecule has 2 aromatic carbocycles. The third-order valence-corrected chi connectivity index (χ3v) is 3.60. The van der Waals surface area contributed by atoms with Gasteiger partial charge >= 0.3 is 0 Å². The average Bonchev–Trinajstić information content (AvgIpc) is 2.61. The van der Waals surface area contributed by atoms with Crippen LogP contribution in [0.4, 0.5) is 16.2 Å². The molecule has 0 saturated carbocycles. The summed E-state index contributed by atoms with van der Waals surface area (Å²) in [5.74, 6) is 1.07. The van der Waals surface area contributed by atoms with Gasteiger partial charge in [-0.05, 0) is 31.5 Å². The third kappa shape index (κ3) is 4.76. The van der Waals surface area contributed by atoms with Crippen LogP contribution in [0, 0.1) is 5.82 Å². The Morgan fingerprint density at radius 3 is 2.36 bits per heavy atom. The number of aromatic nitrogens is 2. The predicted molar refractivity (Wildman–Crippen MR) is 100.0 cm³/mol. The lowest BCUT2D eigenvalue weighted by molar-refractivity contribution is 0.627. The number of hydrogen-bond acceptors (Lipinski definition) is 4. The average molecular weight is 336 g/mol. The Hall–Kier alpha value is -2.95. The highest BCUT2D eigenvalue weighted by molar-refractivity contribution is 5.64. The van der Waals surface area contributed by atoms with Gasteiger partial charge in [0.15, 0.2) is 0 Å². The molecule has 0 unspecified atom stereocenters. The summed E-state index contributed by atoms with van der Waals surface area (Å²) in [5.41, 5.74) is 2.86. The first kappa shape index (κ1) is 16.9. The fourth-order valence-electron chi connectivity index (χ4n) is 2.41. The molecule has 128 valence electrons. The molecule has 0 amide bonds. The van der Waals surface area contributed by atoms with Crippen LogP contribution in [0.15, 0.2) is 60.7 Å². The number of hydrogen-bond donors (Lipinski definition) is 2. The monoisotopic (exact) mass is 336 g/mol. The van der Waals surface area contributed by atoms with Gasteiger partial charge in [-0.15, -0.1) is 0 Å². The van der Waals surface area contributed by atoms with E-state index < -0.39 is 0 Å². The molecule has 3 rings (SSSR count). The molecule has 2 N–H and O–H groups in total. The van der Waals surface area contributed by atoms with Gasteiger partial charge in [0.1, 0.15) is 11.6 Å². The number of nitrogens with one attached hydrogen (secondary N) is 2. The first-order chi connectivity index (χ1) is 12.1. The van der Waals surface area contributed by atoms with Gasteiger partial charge in [-0.25, -0.2) is 9.37 Å². The molecule has 4 nitrogen and oxygen atoms in total. The van der Waals surface area contributed by atoms with E-state index in [1.807, 2.05) is 50.2 Å². The number of halogens is 1. The van der Waals surface area contributed by atoms with Crippen LogP contribution in [0.5, 0.6) is 0 Å². The van der Waals surface area contributed by atoms with E-state index in [1.54, 1.807) is 12.1 Å². The van der Waals surface area contributed by atoms with Crippen LogP contribution in [0.25, 0.3) is 11.3 Å². The van der Waals surface area contributed by atoms with Crippen LogP contribution in [-0.4, -0.2) is 16.0 Å². The fraction of sp³-hybridized carbons (Fsp3) is 0.200. The van der Waals surface area contributed by atoms with Crippen molar-refractivity contribution in [3.63, 3.8) is 0 Å². The second-order valence-electron chi connectivity index (χ2n) is 6.11. The van der Waals surface area contributed by atoms with E-state index in [9.17, 15) is 4.39 Å². The van der Waals surface area contributed by atoms with E-state index >= 15 is 0 Å². The highest BCUT2D eigenvalue weighted by atomic mass is 19.1. The Bertz CT molecular complexity index is 817. The molecule has 0 saturated heterocycles. The number of nitrogens with zero attached hydrogens (tertiary/aromatic N) is 2. The Morgan fingerprint density at radius 2 is 1.68 bits per heavy atom. The van der Waals surface area contributed by atoms with E-state index in [4.69, 9.17) is 0 Å². The summed E-state index contributed by atoms with van der Waals surface area (Å²) >= 11 is 0. The minimum absolute atomic E-state index is 0.232. The maximum Gasteiger partial charge on any atom is 0.225 e. The first-order valence-corrected chi connectivity index (χ1v) is 8.29. The van der Waals surface area contributed by atoms with Gasteiger partial charge in [0, 0.05) is 24.2 Å². The van der Waals surface area contributed by atoms with E-state index in [1.165, 1.54) is 12.1 Å². The molecule has 1 heterocycles. The van der Waals surface area contributed by atoms with Gasteiger partial charge in [-0.2, -0.15) is 4.98 Å². The number of rotatable bonds is 6. The highest BCUT2D eigenvalue weighted by Gasteiger charge is 2.08. The summed E-state index contributed by atoms with van der Waals surface area (Å²) in [6.07, 6.45) is 0. The Labute approximate surface area is 147 Å². The summed E-state index contributed by atoms with van der Waals surface area (Å²) in [7, 11) is 0. The second kappa shape index (κ2) is 7.75. The van der Waals surface area contributed by atoms with Crippen molar-refractivity contribution in [2.45, 2.75) is 26.4 Å². The van der Waals surface area contributed by atoms with Crippen LogP contribution < -0.4 is 10.6 Å². The summed E-state index contributed by atoms with van der Waals surface area (Å²) < 4.78 is 13.0. The standard InChI is InChI=1S/C20H21FN4/c1-14(2)23-20-24-18(16-6-4-3-5-7-16)12-19(25-20)22-13-15-8-10-17(21)11-9-15/h3-12,14H,13H2,1-2H3,(H2,22,23,24,25). The summed E-state index contributed by atoms with van der Waals surface area (Å²) in [5, 5.41) is 6.54. The minimum Gasteiger partial charge on any atom is -0.366 e. The van der Waals surface area contributed by atoms with Crippen LogP contribution in [0.1, 0.15) is 19.4 Å². The van der Waals surface area contributed by atoms with Crippen molar-refractivity contribution in [1.82, 2.24) is 9.97 Å². The Kier molecular flexibility index (Phi) is 5.23. The van der Waals surface area contributed by atoms with Crippen molar-refractivity contribution in [1.29, 1.82) is 0 Å². The molecule has 5 heteroatoms. The third-order valence-electron chi connectivity index (χ3n) is 3.60. The van der Waals surface area contributed by atoms with Crippen LogP contribution in [0.3, 0.4) is 0 Å². The Balaban J connectivity index is 1.85. The van der Waals surface area contributed by atoms with Crippen LogP contribution in [0.2, 0.25) is 0 Å². The van der Waals surface area contributed by atoms with Crippen molar-refractivity contribution in [2.24, 2.45) is 0 Å². The molecule has 0 aliphatic carbocycles. The van der Waals surface area contributed by atoms with Gasteiger partial charge in [-0.1, -0.05) is 42.5 Å². The van der Waals surface area contributed by atoms with Crippen molar-refractivity contribution in [2.75, 3.05) is 10.6 Å². The molecular weight excluding hydrogens is 315 g/mol. The van der Waals surface area contributed by atoms with Gasteiger partial charge < -0.3 is 10.6 Å². The van der Waals surface area contributed by atoms with Gasteiger partial charge in [0.25, 0.3) is 0 Å². The molecule has 0 fully saturated rings. The maximum absolute atomic E-state index is 13.0. The second-order valence-corrected chi connectivity index (χ2v) is 6.11. The molecule has 0 spiro atoms. The quantitative estimate of drug-likeness (QED) is 0.684. The summed E-state index contributed by atoms with van der Waals surface area (Å²) in [4.78, 5) is 9.12. The largest absolute Gasteiger partial charge is 0.366 e. The van der Waals surface area contributed by atoms with Crippen LogP contribution >= 0.6 is 0 Å². The molecular formula is C20H21FN4. The molecule has 1 aromatic heterocycles. The molecule has 0 aliphatic heterocycles. The van der Waals surface area contributed by atoms with Crippen molar-refractivity contribution < 1.29 is 4.39 Å². The Morgan fingerprint density at radius 1 is 0.960 bits per heavy atom. The zero-order valence-corrected chi connectivity index (χ0v) is 14.3. The van der Waals surface area contributed by atoms with E-state index in [2.05, 4.69) is 20.6 Å². The lowest BCUT2D eigenvalue weighted by atomic mass is 10.1. The van der Waals surface area contributed by atoms with E-state index in [-0.39, 0.29) is 11.9 Å². The highest BCUT2D eigenvalue weighted by Crippen LogP contribution is 2.22. The van der Waals surface area contributed by atoms with Gasteiger partial charge in [0.2, 0.25) is 5.95 Å². The molecule has 25 heavy (non-hydrogen) atoms. The van der Waals surface area contributed by atoms with Crippen molar-refractivity contribution >= 4 is 11.8 Å². The molecule has 3 aromatic rings. The normalized spacial score (nSPS) is 10.7. The zero-order chi connectivity index (χ0) is 17.6. The maximum atomic E-state index is 13.0. The van der Waals surface area contributed by atoms with Crippen molar-refractivity contribution in [3.05, 3.63) is 72.0 Å². The molecule has 0 atom stereocenters. The number of anilines is 2. The number of benzene rings is 2. The lowest BCUT2D eigenvalue weighted by Crippen LogP contribution is -2.14. The van der Waals surface area contributed by atoms with E-state index in [0.29, 0.717) is 12.5 Å². The zero-order valence-electron chi connectivity index (χ0n) is 14.3. The summed E-state index contributed by atoms with van der Waals surface area (Å²) in [6.45, 7) is 4.65. The van der Waals surface area contributed by atoms with Crippen molar-refractivity contribution in [3.8, 4) is 11.3 Å². The van der Waals surface area contributed by atoms with Crippen LogP contribution in [-0.2, 0) is 6.54 Å². The predicted octanol–water partition coefficient (Wildman–Crippen LogP) is 4.72. The van der Waals surface area contributed by atoms with E-state index in [0.717, 1.165) is 22.6 Å².